The summed E-state index contributed by atoms with van der Waals surface area (Å²) in [4.78, 5) is 12.0. The van der Waals surface area contributed by atoms with Gasteiger partial charge in [-0.1, -0.05) is 23.7 Å². The zero-order valence-corrected chi connectivity index (χ0v) is 12.2. The Kier molecular flexibility index (Phi) is 3.84. The van der Waals surface area contributed by atoms with Crippen LogP contribution in [0.1, 0.15) is 30.0 Å². The molecule has 0 unspecified atom stereocenters. The molecule has 6 heteroatoms. The molecule has 0 saturated heterocycles. The summed E-state index contributed by atoms with van der Waals surface area (Å²) in [5.74, 6) is 0.953. The van der Waals surface area contributed by atoms with Crippen LogP contribution in [0.5, 0.6) is 0 Å². The number of H-pyrrole nitrogens is 1. The average Bonchev–Trinajstić information content (AvgIpc) is 2.79. The number of aromatic nitrogens is 2. The zero-order chi connectivity index (χ0) is 14.8. The van der Waals surface area contributed by atoms with E-state index in [0.29, 0.717) is 23.2 Å². The van der Waals surface area contributed by atoms with Crippen molar-refractivity contribution in [1.29, 1.82) is 0 Å². The van der Waals surface area contributed by atoms with Gasteiger partial charge in [0.15, 0.2) is 0 Å². The minimum absolute atomic E-state index is 0.0323. The van der Waals surface area contributed by atoms with Crippen molar-refractivity contribution in [3.8, 4) is 0 Å². The summed E-state index contributed by atoms with van der Waals surface area (Å²) in [5.41, 5.74) is 7.56. The highest BCUT2D eigenvalue weighted by Crippen LogP contribution is 2.36. The predicted octanol–water partition coefficient (Wildman–Crippen LogP) is 2.25. The molecule has 1 saturated carbocycles. The minimum Gasteiger partial charge on any atom is -0.382 e. The highest BCUT2D eigenvalue weighted by molar-refractivity contribution is 6.30. The Hall–Kier alpha value is -2.01. The van der Waals surface area contributed by atoms with E-state index in [0.717, 1.165) is 24.1 Å². The van der Waals surface area contributed by atoms with E-state index in [9.17, 15) is 4.79 Å². The quantitative estimate of drug-likeness (QED) is 0.810. The molecular weight excluding hydrogens is 288 g/mol. The Morgan fingerprint density at radius 3 is 2.90 bits per heavy atom. The molecule has 1 heterocycles. The fraction of sp³-hybridized carbons (Fsp3) is 0.333. The Labute approximate surface area is 127 Å². The van der Waals surface area contributed by atoms with Gasteiger partial charge in [0.05, 0.1) is 6.42 Å². The number of carbonyl (C=O) groups is 1. The first-order valence-electron chi connectivity index (χ1n) is 6.95. The van der Waals surface area contributed by atoms with E-state index in [1.807, 2.05) is 24.3 Å². The Bertz CT molecular complexity index is 649. The topological polar surface area (TPSA) is 83.8 Å². The Morgan fingerprint density at radius 1 is 1.43 bits per heavy atom. The molecule has 4 N–H and O–H groups in total. The van der Waals surface area contributed by atoms with E-state index in [1.54, 1.807) is 6.07 Å². The number of halogens is 1. The summed E-state index contributed by atoms with van der Waals surface area (Å²) in [5, 5.41) is 10.5. The van der Waals surface area contributed by atoms with Crippen LogP contribution in [0.3, 0.4) is 0 Å². The largest absolute Gasteiger partial charge is 0.382 e. The van der Waals surface area contributed by atoms with Crippen molar-refractivity contribution in [2.75, 3.05) is 5.73 Å². The van der Waals surface area contributed by atoms with Crippen molar-refractivity contribution >= 4 is 23.3 Å². The number of nitrogens with two attached hydrogens (primary N) is 1. The molecule has 1 aliphatic carbocycles. The normalized spacial score (nSPS) is 20.8. The highest BCUT2D eigenvalue weighted by Gasteiger charge is 2.32. The van der Waals surface area contributed by atoms with Gasteiger partial charge in [-0.25, -0.2) is 0 Å². The third kappa shape index (κ3) is 3.36. The van der Waals surface area contributed by atoms with Gasteiger partial charge in [-0.05, 0) is 30.5 Å². The number of nitrogen functional groups attached to an aromatic ring is 1. The van der Waals surface area contributed by atoms with Crippen LogP contribution in [0.2, 0.25) is 5.02 Å². The number of nitrogens with one attached hydrogen (secondary N) is 2. The van der Waals surface area contributed by atoms with Crippen LogP contribution >= 0.6 is 11.6 Å². The molecule has 1 aromatic carbocycles. The summed E-state index contributed by atoms with van der Waals surface area (Å²) in [6, 6.07) is 9.46. The number of rotatable bonds is 4. The maximum absolute atomic E-state index is 12.0. The molecule has 1 fully saturated rings. The molecule has 0 aliphatic heterocycles. The molecular formula is C15H17ClN4O. The first-order valence-corrected chi connectivity index (χ1v) is 7.32. The van der Waals surface area contributed by atoms with Crippen molar-refractivity contribution in [2.45, 2.75) is 31.2 Å². The van der Waals surface area contributed by atoms with Crippen molar-refractivity contribution in [2.24, 2.45) is 0 Å². The van der Waals surface area contributed by atoms with Gasteiger partial charge in [0.2, 0.25) is 5.91 Å². The minimum atomic E-state index is 0.0323. The van der Waals surface area contributed by atoms with Gasteiger partial charge in [-0.2, -0.15) is 5.10 Å². The summed E-state index contributed by atoms with van der Waals surface area (Å²) in [6.45, 7) is 0. The molecule has 1 amide bonds. The molecule has 1 aliphatic rings. The van der Waals surface area contributed by atoms with Crippen LogP contribution < -0.4 is 11.1 Å². The summed E-state index contributed by atoms with van der Waals surface area (Å²) < 4.78 is 0. The maximum Gasteiger partial charge on any atom is 0.224 e. The van der Waals surface area contributed by atoms with E-state index >= 15 is 0 Å². The van der Waals surface area contributed by atoms with Gasteiger partial charge < -0.3 is 11.1 Å². The van der Waals surface area contributed by atoms with Crippen LogP contribution in [0.25, 0.3) is 0 Å². The summed E-state index contributed by atoms with van der Waals surface area (Å²) >= 11 is 5.91. The molecule has 0 spiro atoms. The molecule has 21 heavy (non-hydrogen) atoms. The van der Waals surface area contributed by atoms with E-state index in [1.165, 1.54) is 0 Å². The fourth-order valence-corrected chi connectivity index (χ4v) is 2.88. The molecule has 0 bridgehead atoms. The first kappa shape index (κ1) is 13.9. The maximum atomic E-state index is 12.0. The van der Waals surface area contributed by atoms with Crippen molar-refractivity contribution in [3.63, 3.8) is 0 Å². The van der Waals surface area contributed by atoms with E-state index in [2.05, 4.69) is 15.5 Å². The van der Waals surface area contributed by atoms with Crippen LogP contribution in [0, 0.1) is 0 Å². The van der Waals surface area contributed by atoms with Gasteiger partial charge in [-0.15, -0.1) is 0 Å². The van der Waals surface area contributed by atoms with Crippen LogP contribution in [0.4, 0.5) is 5.82 Å². The van der Waals surface area contributed by atoms with Crippen LogP contribution in [0.15, 0.2) is 30.3 Å². The van der Waals surface area contributed by atoms with E-state index < -0.39 is 0 Å². The highest BCUT2D eigenvalue weighted by atomic mass is 35.5. The third-order valence-electron chi connectivity index (χ3n) is 3.81. The van der Waals surface area contributed by atoms with Crippen LogP contribution in [-0.4, -0.2) is 22.1 Å². The van der Waals surface area contributed by atoms with Crippen molar-refractivity contribution in [3.05, 3.63) is 46.6 Å². The zero-order valence-electron chi connectivity index (χ0n) is 11.5. The Balaban J connectivity index is 1.47. The lowest BCUT2D eigenvalue weighted by atomic mass is 9.78. The SMILES string of the molecule is Nc1cc(C2CC(NC(=O)Cc3cccc(Cl)c3)C2)[nH]n1. The standard InChI is InChI=1S/C15H17ClN4O/c16-11-3-1-2-9(4-11)5-15(21)18-12-6-10(7-12)13-8-14(17)20-19-13/h1-4,8,10,12H,5-7H2,(H,18,21)(H3,17,19,20). The molecule has 110 valence electrons. The van der Waals surface area contributed by atoms with Crippen molar-refractivity contribution < 1.29 is 4.79 Å². The number of carbonyl (C=O) groups excluding carboxylic acids is 1. The molecule has 0 atom stereocenters. The number of hydrogen-bond acceptors (Lipinski definition) is 3. The molecule has 5 nitrogen and oxygen atoms in total. The number of aromatic amines is 1. The average molecular weight is 305 g/mol. The lowest BCUT2D eigenvalue weighted by Gasteiger charge is -2.35. The number of hydrogen-bond donors (Lipinski definition) is 3. The third-order valence-corrected chi connectivity index (χ3v) is 4.05. The summed E-state index contributed by atoms with van der Waals surface area (Å²) in [7, 11) is 0. The smallest absolute Gasteiger partial charge is 0.224 e. The molecule has 3 rings (SSSR count). The summed E-state index contributed by atoms with van der Waals surface area (Å²) in [6.07, 6.45) is 2.20. The van der Waals surface area contributed by atoms with Crippen molar-refractivity contribution in [1.82, 2.24) is 15.5 Å². The molecule has 2 aromatic rings. The first-order chi connectivity index (χ1) is 10.1. The predicted molar refractivity (Wildman–Crippen MR) is 82.1 cm³/mol. The second-order valence-corrected chi connectivity index (χ2v) is 5.92. The van der Waals surface area contributed by atoms with Gasteiger partial charge in [0.1, 0.15) is 5.82 Å². The van der Waals surface area contributed by atoms with Crippen LogP contribution in [-0.2, 0) is 11.2 Å². The number of anilines is 1. The Morgan fingerprint density at radius 2 is 2.24 bits per heavy atom. The van der Waals surface area contributed by atoms with Gasteiger partial charge in [0, 0.05) is 28.7 Å². The number of benzene rings is 1. The lowest BCUT2D eigenvalue weighted by molar-refractivity contribution is -0.121. The van der Waals surface area contributed by atoms with Gasteiger partial charge >= 0.3 is 0 Å². The monoisotopic (exact) mass is 304 g/mol. The number of nitrogens with zero attached hydrogens (tertiary/aromatic N) is 1. The van der Waals surface area contributed by atoms with E-state index in [4.69, 9.17) is 17.3 Å². The lowest BCUT2D eigenvalue weighted by Crippen LogP contribution is -2.44. The molecule has 0 radical (unpaired) electrons. The molecule has 1 aromatic heterocycles. The number of amides is 1. The second kappa shape index (κ2) is 5.77. The van der Waals surface area contributed by atoms with Gasteiger partial charge in [0.25, 0.3) is 0 Å². The second-order valence-electron chi connectivity index (χ2n) is 5.49. The van der Waals surface area contributed by atoms with Gasteiger partial charge in [-0.3, -0.25) is 9.89 Å². The van der Waals surface area contributed by atoms with E-state index in [-0.39, 0.29) is 11.9 Å². The fourth-order valence-electron chi connectivity index (χ4n) is 2.66.